The number of carbonyl (C=O) groups is 1. The van der Waals surface area contributed by atoms with Crippen molar-refractivity contribution in [1.82, 2.24) is 4.90 Å². The van der Waals surface area contributed by atoms with E-state index in [1.165, 1.54) is 0 Å². The van der Waals surface area contributed by atoms with Gasteiger partial charge in [-0.25, -0.2) is 0 Å². The van der Waals surface area contributed by atoms with Gasteiger partial charge < -0.3 is 11.5 Å². The Morgan fingerprint density at radius 3 is 2.44 bits per heavy atom. The van der Waals surface area contributed by atoms with Gasteiger partial charge in [-0.3, -0.25) is 9.69 Å². The standard InChI is InChI=1S/C14H29N3O/c1-4-6-9-17(11(3)5-2)10-14(16,13(15)18)12-7-8-12/h11-12H,4-10,16H2,1-3H3,(H2,15,18). The van der Waals surface area contributed by atoms with Gasteiger partial charge >= 0.3 is 0 Å². The molecule has 4 N–H and O–H groups in total. The number of nitrogens with zero attached hydrogens (tertiary/aromatic N) is 1. The Bertz CT molecular complexity index is 278. The molecule has 0 saturated heterocycles. The van der Waals surface area contributed by atoms with Gasteiger partial charge in [0.05, 0.1) is 0 Å². The van der Waals surface area contributed by atoms with Crippen LogP contribution >= 0.6 is 0 Å². The average Bonchev–Trinajstić information content (AvgIpc) is 3.17. The van der Waals surface area contributed by atoms with Crippen molar-refractivity contribution in [3.63, 3.8) is 0 Å². The normalized spacial score (nSPS) is 20.7. The molecule has 0 aromatic heterocycles. The Labute approximate surface area is 111 Å². The van der Waals surface area contributed by atoms with Crippen LogP contribution in [0.4, 0.5) is 0 Å². The molecule has 0 bridgehead atoms. The van der Waals surface area contributed by atoms with Crippen molar-refractivity contribution in [1.29, 1.82) is 0 Å². The zero-order valence-electron chi connectivity index (χ0n) is 12.1. The van der Waals surface area contributed by atoms with Crippen LogP contribution in [0.3, 0.4) is 0 Å². The van der Waals surface area contributed by atoms with Gasteiger partial charge in [0.2, 0.25) is 5.91 Å². The third-order valence-electron chi connectivity index (χ3n) is 4.24. The van der Waals surface area contributed by atoms with Gasteiger partial charge in [-0.1, -0.05) is 20.3 Å². The molecule has 1 aliphatic carbocycles. The number of nitrogens with two attached hydrogens (primary N) is 2. The first-order chi connectivity index (χ1) is 8.45. The quantitative estimate of drug-likeness (QED) is 0.655. The van der Waals surface area contributed by atoms with Gasteiger partial charge in [-0.2, -0.15) is 0 Å². The lowest BCUT2D eigenvalue weighted by atomic mass is 9.92. The molecule has 0 aromatic rings. The average molecular weight is 255 g/mol. The molecular formula is C14H29N3O. The second-order valence-electron chi connectivity index (χ2n) is 5.76. The van der Waals surface area contributed by atoms with Crippen molar-refractivity contribution in [3.8, 4) is 0 Å². The molecule has 0 aromatic carbocycles. The smallest absolute Gasteiger partial charge is 0.239 e. The summed E-state index contributed by atoms with van der Waals surface area (Å²) in [4.78, 5) is 14.0. The molecule has 4 heteroatoms. The fraction of sp³-hybridized carbons (Fsp3) is 0.929. The first-order valence-corrected chi connectivity index (χ1v) is 7.28. The maximum absolute atomic E-state index is 11.7. The Hall–Kier alpha value is -0.610. The first kappa shape index (κ1) is 15.4. The minimum atomic E-state index is -0.822. The van der Waals surface area contributed by atoms with Gasteiger partial charge in [0.25, 0.3) is 0 Å². The molecule has 0 heterocycles. The summed E-state index contributed by atoms with van der Waals surface area (Å²) in [6.45, 7) is 8.17. The molecule has 0 radical (unpaired) electrons. The van der Waals surface area contributed by atoms with Crippen LogP contribution in [0.2, 0.25) is 0 Å². The lowest BCUT2D eigenvalue weighted by Crippen LogP contribution is -2.61. The highest BCUT2D eigenvalue weighted by molar-refractivity contribution is 5.85. The number of carbonyl (C=O) groups excluding carboxylic acids is 1. The maximum Gasteiger partial charge on any atom is 0.239 e. The second kappa shape index (κ2) is 6.53. The highest BCUT2D eigenvalue weighted by atomic mass is 16.1. The van der Waals surface area contributed by atoms with Crippen molar-refractivity contribution >= 4 is 5.91 Å². The van der Waals surface area contributed by atoms with Crippen LogP contribution in [0, 0.1) is 5.92 Å². The summed E-state index contributed by atoms with van der Waals surface area (Å²) in [6.07, 6.45) is 5.46. The van der Waals surface area contributed by atoms with E-state index in [9.17, 15) is 4.79 Å². The zero-order valence-corrected chi connectivity index (χ0v) is 12.1. The monoisotopic (exact) mass is 255 g/mol. The van der Waals surface area contributed by atoms with E-state index in [0.29, 0.717) is 18.5 Å². The van der Waals surface area contributed by atoms with E-state index in [4.69, 9.17) is 11.5 Å². The summed E-state index contributed by atoms with van der Waals surface area (Å²) in [5.74, 6) is -0.0435. The van der Waals surface area contributed by atoms with Crippen LogP contribution in [0.5, 0.6) is 0 Å². The lowest BCUT2D eigenvalue weighted by Gasteiger charge is -2.36. The van der Waals surface area contributed by atoms with E-state index in [-0.39, 0.29) is 5.91 Å². The minimum absolute atomic E-state index is 0.295. The lowest BCUT2D eigenvalue weighted by molar-refractivity contribution is -0.124. The van der Waals surface area contributed by atoms with E-state index in [0.717, 1.165) is 38.6 Å². The van der Waals surface area contributed by atoms with Crippen molar-refractivity contribution in [3.05, 3.63) is 0 Å². The summed E-state index contributed by atoms with van der Waals surface area (Å²) >= 11 is 0. The fourth-order valence-corrected chi connectivity index (χ4v) is 2.42. The highest BCUT2D eigenvalue weighted by Gasteiger charge is 2.47. The topological polar surface area (TPSA) is 72.3 Å². The third kappa shape index (κ3) is 3.69. The number of unbranched alkanes of at least 4 members (excludes halogenated alkanes) is 1. The second-order valence-corrected chi connectivity index (χ2v) is 5.76. The van der Waals surface area contributed by atoms with Crippen LogP contribution in [-0.4, -0.2) is 35.5 Å². The predicted molar refractivity (Wildman–Crippen MR) is 75.1 cm³/mol. The molecule has 1 amide bonds. The predicted octanol–water partition coefficient (Wildman–Crippen LogP) is 1.48. The largest absolute Gasteiger partial charge is 0.368 e. The molecule has 0 spiro atoms. The van der Waals surface area contributed by atoms with Crippen LogP contribution in [-0.2, 0) is 4.79 Å². The number of hydrogen-bond donors (Lipinski definition) is 2. The van der Waals surface area contributed by atoms with Crippen LogP contribution in [0.1, 0.15) is 52.9 Å². The summed E-state index contributed by atoms with van der Waals surface area (Å²) in [7, 11) is 0. The van der Waals surface area contributed by atoms with E-state index >= 15 is 0 Å². The fourth-order valence-electron chi connectivity index (χ4n) is 2.42. The summed E-state index contributed by atoms with van der Waals surface area (Å²) in [5.41, 5.74) is 11.0. The summed E-state index contributed by atoms with van der Waals surface area (Å²) < 4.78 is 0. The molecule has 1 rings (SSSR count). The van der Waals surface area contributed by atoms with Crippen molar-refractivity contribution < 1.29 is 4.79 Å². The first-order valence-electron chi connectivity index (χ1n) is 7.28. The van der Waals surface area contributed by atoms with Crippen LogP contribution < -0.4 is 11.5 Å². The SMILES string of the molecule is CCCCN(CC(N)(C(N)=O)C1CC1)C(C)CC. The van der Waals surface area contributed by atoms with E-state index in [1.807, 2.05) is 0 Å². The molecule has 1 saturated carbocycles. The van der Waals surface area contributed by atoms with Crippen molar-refractivity contribution in [2.24, 2.45) is 17.4 Å². The Morgan fingerprint density at radius 1 is 1.44 bits per heavy atom. The van der Waals surface area contributed by atoms with E-state index < -0.39 is 5.54 Å². The minimum Gasteiger partial charge on any atom is -0.368 e. The van der Waals surface area contributed by atoms with Crippen LogP contribution in [0.15, 0.2) is 0 Å². The van der Waals surface area contributed by atoms with Gasteiger partial charge in [0, 0.05) is 12.6 Å². The van der Waals surface area contributed by atoms with Crippen LogP contribution in [0.25, 0.3) is 0 Å². The molecule has 0 aliphatic heterocycles. The van der Waals surface area contributed by atoms with Crippen molar-refractivity contribution in [2.45, 2.75) is 64.5 Å². The molecule has 4 nitrogen and oxygen atoms in total. The molecule has 1 fully saturated rings. The van der Waals surface area contributed by atoms with Gasteiger partial charge in [0.1, 0.15) is 5.54 Å². The van der Waals surface area contributed by atoms with Crippen molar-refractivity contribution in [2.75, 3.05) is 13.1 Å². The van der Waals surface area contributed by atoms with Gasteiger partial charge in [0.15, 0.2) is 0 Å². The molecule has 2 unspecified atom stereocenters. The zero-order chi connectivity index (χ0) is 13.8. The third-order valence-corrected chi connectivity index (χ3v) is 4.24. The molecule has 1 aliphatic rings. The molecule has 106 valence electrons. The van der Waals surface area contributed by atoms with Gasteiger partial charge in [-0.05, 0) is 45.1 Å². The maximum atomic E-state index is 11.7. The molecule has 2 atom stereocenters. The van der Waals surface area contributed by atoms with E-state index in [1.54, 1.807) is 0 Å². The number of amides is 1. The Balaban J connectivity index is 2.69. The number of hydrogen-bond acceptors (Lipinski definition) is 3. The Kier molecular flexibility index (Phi) is 5.60. The highest BCUT2D eigenvalue weighted by Crippen LogP contribution is 2.39. The molecule has 18 heavy (non-hydrogen) atoms. The summed E-state index contributed by atoms with van der Waals surface area (Å²) in [5, 5.41) is 0. The Morgan fingerprint density at radius 2 is 2.06 bits per heavy atom. The van der Waals surface area contributed by atoms with Gasteiger partial charge in [-0.15, -0.1) is 0 Å². The number of primary amides is 1. The van der Waals surface area contributed by atoms with E-state index in [2.05, 4.69) is 25.7 Å². The molecular weight excluding hydrogens is 226 g/mol. The summed E-state index contributed by atoms with van der Waals surface area (Å²) in [6, 6.07) is 0.456. The number of rotatable bonds is 9.